The molecular formula is C27H27FN6O2. The molecule has 1 aliphatic heterocycles. The van der Waals surface area contributed by atoms with Crippen LogP contribution in [0.3, 0.4) is 0 Å². The normalized spacial score (nSPS) is 19.7. The molecule has 2 fully saturated rings. The van der Waals surface area contributed by atoms with E-state index in [2.05, 4.69) is 21.5 Å². The van der Waals surface area contributed by atoms with Crippen LogP contribution in [0.2, 0.25) is 0 Å². The van der Waals surface area contributed by atoms with Gasteiger partial charge in [0.15, 0.2) is 0 Å². The zero-order valence-electron chi connectivity index (χ0n) is 20.3. The van der Waals surface area contributed by atoms with Gasteiger partial charge >= 0.3 is 0 Å². The Balaban J connectivity index is 1.33. The molecule has 0 spiro atoms. The van der Waals surface area contributed by atoms with Crippen molar-refractivity contribution in [1.29, 1.82) is 5.26 Å². The molecule has 1 aromatic carbocycles. The van der Waals surface area contributed by atoms with Gasteiger partial charge in [0.05, 0.1) is 12.3 Å². The van der Waals surface area contributed by atoms with Crippen LogP contribution < -0.4 is 10.2 Å². The Morgan fingerprint density at radius 3 is 2.72 bits per heavy atom. The van der Waals surface area contributed by atoms with E-state index in [0.29, 0.717) is 35.5 Å². The summed E-state index contributed by atoms with van der Waals surface area (Å²) >= 11 is 0. The van der Waals surface area contributed by atoms with E-state index in [-0.39, 0.29) is 24.1 Å². The van der Waals surface area contributed by atoms with Crippen molar-refractivity contribution in [2.24, 2.45) is 18.4 Å². The van der Waals surface area contributed by atoms with Gasteiger partial charge in [-0.15, -0.1) is 0 Å². The number of hydrogen-bond acceptors (Lipinski definition) is 5. The first-order valence-electron chi connectivity index (χ1n) is 12.1. The van der Waals surface area contributed by atoms with Crippen LogP contribution in [0, 0.1) is 35.4 Å². The van der Waals surface area contributed by atoms with Gasteiger partial charge in [0.1, 0.15) is 16.9 Å². The van der Waals surface area contributed by atoms with Crippen LogP contribution in [-0.2, 0) is 18.4 Å². The van der Waals surface area contributed by atoms with Crippen LogP contribution >= 0.6 is 0 Å². The Hall–Kier alpha value is -4.06. The predicted octanol–water partition coefficient (Wildman–Crippen LogP) is 3.91. The molecule has 1 saturated heterocycles. The van der Waals surface area contributed by atoms with Crippen molar-refractivity contribution in [3.05, 3.63) is 65.5 Å². The molecule has 2 aliphatic rings. The summed E-state index contributed by atoms with van der Waals surface area (Å²) in [5.74, 6) is -0.913. The number of aryl methyl sites for hydroxylation is 2. The molecule has 2 amide bonds. The highest BCUT2D eigenvalue weighted by molar-refractivity contribution is 6.03. The molecular weight excluding hydrogens is 459 g/mol. The number of carbonyl (C=O) groups excluding carboxylic acids is 2. The molecule has 1 aliphatic carbocycles. The van der Waals surface area contributed by atoms with Crippen LogP contribution in [0.1, 0.15) is 47.4 Å². The van der Waals surface area contributed by atoms with Crippen molar-refractivity contribution in [2.45, 2.75) is 39.2 Å². The quantitative estimate of drug-likeness (QED) is 0.569. The maximum atomic E-state index is 14.2. The molecule has 2 aromatic heterocycles. The summed E-state index contributed by atoms with van der Waals surface area (Å²) in [5, 5.41) is 16.8. The van der Waals surface area contributed by atoms with E-state index in [0.717, 1.165) is 24.8 Å². The molecule has 36 heavy (non-hydrogen) atoms. The summed E-state index contributed by atoms with van der Waals surface area (Å²) in [4.78, 5) is 32.3. The van der Waals surface area contributed by atoms with Gasteiger partial charge in [0, 0.05) is 43.3 Å². The fourth-order valence-corrected chi connectivity index (χ4v) is 5.14. The van der Waals surface area contributed by atoms with E-state index in [9.17, 15) is 19.2 Å². The molecule has 3 heterocycles. The lowest BCUT2D eigenvalue weighted by molar-refractivity contribution is -0.126. The first-order chi connectivity index (χ1) is 17.3. The summed E-state index contributed by atoms with van der Waals surface area (Å²) in [6.45, 7) is 2.31. The van der Waals surface area contributed by atoms with Crippen molar-refractivity contribution < 1.29 is 14.0 Å². The van der Waals surface area contributed by atoms with Gasteiger partial charge in [0.25, 0.3) is 5.91 Å². The first-order valence-corrected chi connectivity index (χ1v) is 12.1. The average Bonchev–Trinajstić information content (AvgIpc) is 3.39. The first kappa shape index (κ1) is 23.7. The lowest BCUT2D eigenvalue weighted by Crippen LogP contribution is -2.42. The Labute approximate surface area is 208 Å². The van der Waals surface area contributed by atoms with Crippen molar-refractivity contribution in [1.82, 2.24) is 20.1 Å². The van der Waals surface area contributed by atoms with Crippen LogP contribution in [0.15, 0.2) is 42.7 Å². The van der Waals surface area contributed by atoms with Crippen molar-refractivity contribution >= 4 is 17.5 Å². The predicted molar refractivity (Wildman–Crippen MR) is 131 cm³/mol. The van der Waals surface area contributed by atoms with Gasteiger partial charge < -0.3 is 10.2 Å². The maximum absolute atomic E-state index is 14.2. The SMILES string of the molecule is Cc1cc(N2CCC(C#N)(C3CCC3)C2=O)cc(C(=O)NCc2cc(F)cc(-c3cnn(C)c3)c2)n1. The number of aromatic nitrogens is 3. The average molecular weight is 487 g/mol. The topological polar surface area (TPSA) is 104 Å². The third-order valence-electron chi connectivity index (χ3n) is 7.29. The number of pyridine rings is 1. The highest BCUT2D eigenvalue weighted by Crippen LogP contribution is 2.49. The molecule has 1 N–H and O–H groups in total. The summed E-state index contributed by atoms with van der Waals surface area (Å²) in [7, 11) is 1.79. The van der Waals surface area contributed by atoms with Crippen molar-refractivity contribution in [2.75, 3.05) is 11.4 Å². The number of carbonyl (C=O) groups is 2. The maximum Gasteiger partial charge on any atom is 0.270 e. The number of halogens is 1. The second-order valence-corrected chi connectivity index (χ2v) is 9.70. The molecule has 3 aromatic rings. The van der Waals surface area contributed by atoms with Crippen molar-refractivity contribution in [3.8, 4) is 17.2 Å². The van der Waals surface area contributed by atoms with Gasteiger partial charge in [-0.2, -0.15) is 10.4 Å². The summed E-state index contributed by atoms with van der Waals surface area (Å²) in [6, 6.07) is 10.3. The third kappa shape index (κ3) is 4.24. The fourth-order valence-electron chi connectivity index (χ4n) is 5.14. The largest absolute Gasteiger partial charge is 0.347 e. The number of rotatable bonds is 6. The van der Waals surface area contributed by atoms with Crippen LogP contribution in [0.5, 0.6) is 0 Å². The van der Waals surface area contributed by atoms with Crippen LogP contribution in [0.4, 0.5) is 10.1 Å². The zero-order valence-corrected chi connectivity index (χ0v) is 20.3. The van der Waals surface area contributed by atoms with Crippen LogP contribution in [0.25, 0.3) is 11.1 Å². The second-order valence-electron chi connectivity index (χ2n) is 9.70. The number of hydrogen-bond donors (Lipinski definition) is 1. The minimum absolute atomic E-state index is 0.105. The number of nitrogens with one attached hydrogen (secondary N) is 1. The summed E-state index contributed by atoms with van der Waals surface area (Å²) < 4.78 is 15.9. The molecule has 8 nitrogen and oxygen atoms in total. The Kier molecular flexibility index (Phi) is 6.04. The zero-order chi connectivity index (χ0) is 25.4. The van der Waals surface area contributed by atoms with Gasteiger partial charge in [-0.25, -0.2) is 9.37 Å². The highest BCUT2D eigenvalue weighted by atomic mass is 19.1. The molecule has 0 radical (unpaired) electrons. The van der Waals surface area contributed by atoms with E-state index in [1.165, 1.54) is 12.1 Å². The minimum atomic E-state index is -0.971. The number of amides is 2. The summed E-state index contributed by atoms with van der Waals surface area (Å²) in [6.07, 6.45) is 6.79. The Morgan fingerprint density at radius 1 is 1.25 bits per heavy atom. The standard InChI is InChI=1S/C27H27FN6O2/c1-17-8-23(34-7-6-27(16-29,26(34)36)21-4-3-5-21)12-24(32-17)25(35)30-13-18-9-19(11-22(28)10-18)20-14-31-33(2)15-20/h8-12,14-15,21H,3-7,13H2,1-2H3,(H,30,35). The molecule has 9 heteroatoms. The number of anilines is 1. The monoisotopic (exact) mass is 486 g/mol. The van der Waals surface area contributed by atoms with Gasteiger partial charge in [0.2, 0.25) is 5.91 Å². The second kappa shape index (κ2) is 9.19. The molecule has 1 saturated carbocycles. The van der Waals surface area contributed by atoms with E-state index >= 15 is 0 Å². The lowest BCUT2D eigenvalue weighted by atomic mass is 9.65. The van der Waals surface area contributed by atoms with E-state index in [1.807, 2.05) is 0 Å². The number of nitriles is 1. The lowest BCUT2D eigenvalue weighted by Gasteiger charge is -2.36. The minimum Gasteiger partial charge on any atom is -0.347 e. The fraction of sp³-hybridized carbons (Fsp3) is 0.370. The molecule has 1 atom stereocenters. The van der Waals surface area contributed by atoms with Gasteiger partial charge in [-0.05, 0) is 73.6 Å². The smallest absolute Gasteiger partial charge is 0.270 e. The number of nitrogens with zero attached hydrogens (tertiary/aromatic N) is 5. The van der Waals surface area contributed by atoms with Crippen LogP contribution in [-0.4, -0.2) is 33.1 Å². The van der Waals surface area contributed by atoms with Crippen molar-refractivity contribution in [3.63, 3.8) is 0 Å². The molecule has 184 valence electrons. The number of benzene rings is 1. The molecule has 5 rings (SSSR count). The molecule has 1 unspecified atom stereocenters. The third-order valence-corrected chi connectivity index (χ3v) is 7.29. The van der Waals surface area contributed by atoms with Gasteiger partial charge in [-0.3, -0.25) is 14.3 Å². The van der Waals surface area contributed by atoms with E-state index in [4.69, 9.17) is 0 Å². The Morgan fingerprint density at radius 2 is 2.06 bits per heavy atom. The van der Waals surface area contributed by atoms with E-state index < -0.39 is 17.1 Å². The molecule has 0 bridgehead atoms. The van der Waals surface area contributed by atoms with E-state index in [1.54, 1.807) is 54.1 Å². The Bertz CT molecular complexity index is 1390. The summed E-state index contributed by atoms with van der Waals surface area (Å²) in [5.41, 5.74) is 2.40. The highest BCUT2D eigenvalue weighted by Gasteiger charge is 2.54. The van der Waals surface area contributed by atoms with Gasteiger partial charge in [-0.1, -0.05) is 6.42 Å².